The van der Waals surface area contributed by atoms with Gasteiger partial charge in [-0.2, -0.15) is 0 Å². The van der Waals surface area contributed by atoms with Gasteiger partial charge in [-0.05, 0) is 49.4 Å². The number of aromatic nitrogens is 3. The Hall–Kier alpha value is -2.36. The zero-order valence-electron chi connectivity index (χ0n) is 12.1. The van der Waals surface area contributed by atoms with E-state index in [1.54, 1.807) is 0 Å². The van der Waals surface area contributed by atoms with Crippen molar-refractivity contribution < 1.29 is 0 Å². The van der Waals surface area contributed by atoms with E-state index in [0.29, 0.717) is 11.7 Å². The van der Waals surface area contributed by atoms with E-state index in [-0.39, 0.29) is 0 Å². The molecule has 4 heteroatoms. The summed E-state index contributed by atoms with van der Waals surface area (Å²) in [5.74, 6) is 1.25. The number of hydrogen-bond donors (Lipinski definition) is 2. The molecule has 4 nitrogen and oxygen atoms in total. The van der Waals surface area contributed by atoms with Gasteiger partial charge in [0.25, 0.3) is 0 Å². The maximum absolute atomic E-state index is 5.74. The predicted octanol–water partition coefficient (Wildman–Crippen LogP) is 3.78. The predicted molar refractivity (Wildman–Crippen MR) is 85.1 cm³/mol. The van der Waals surface area contributed by atoms with Crippen molar-refractivity contribution in [3.63, 3.8) is 0 Å². The standard InChI is InChI=1S/C17H18N4/c1-10-13(5-6-16(18)21-10)12-7-14-15(11-3-2-4-11)9-20-17(14)19-8-12/h5-9,11H,2-4H2,1H3,(H2,18,21)(H,19,20). The minimum Gasteiger partial charge on any atom is -0.384 e. The molecule has 3 heterocycles. The Morgan fingerprint density at radius 3 is 2.86 bits per heavy atom. The molecule has 0 amide bonds. The highest BCUT2D eigenvalue weighted by molar-refractivity contribution is 5.85. The Kier molecular flexibility index (Phi) is 2.70. The van der Waals surface area contributed by atoms with Gasteiger partial charge in [0, 0.05) is 34.6 Å². The highest BCUT2D eigenvalue weighted by atomic mass is 14.8. The van der Waals surface area contributed by atoms with Crippen LogP contribution in [0.25, 0.3) is 22.2 Å². The number of nitrogen functional groups attached to an aromatic ring is 1. The third-order valence-electron chi connectivity index (χ3n) is 4.53. The molecule has 106 valence electrons. The van der Waals surface area contributed by atoms with E-state index in [9.17, 15) is 0 Å². The highest BCUT2D eigenvalue weighted by Crippen LogP contribution is 2.40. The third-order valence-corrected chi connectivity index (χ3v) is 4.53. The van der Waals surface area contributed by atoms with Crippen molar-refractivity contribution in [1.29, 1.82) is 0 Å². The third kappa shape index (κ3) is 1.98. The lowest BCUT2D eigenvalue weighted by Gasteiger charge is -2.24. The van der Waals surface area contributed by atoms with Gasteiger partial charge in [0.2, 0.25) is 0 Å². The van der Waals surface area contributed by atoms with Crippen LogP contribution in [-0.4, -0.2) is 15.0 Å². The second kappa shape index (κ2) is 4.58. The molecule has 0 atom stereocenters. The first-order valence-corrected chi connectivity index (χ1v) is 7.43. The molecule has 0 spiro atoms. The number of pyridine rings is 2. The number of aryl methyl sites for hydroxylation is 1. The fourth-order valence-electron chi connectivity index (χ4n) is 3.11. The molecule has 1 aliphatic rings. The van der Waals surface area contributed by atoms with E-state index in [0.717, 1.165) is 22.5 Å². The van der Waals surface area contributed by atoms with E-state index in [4.69, 9.17) is 5.73 Å². The van der Waals surface area contributed by atoms with Crippen LogP contribution in [0.15, 0.2) is 30.6 Å². The van der Waals surface area contributed by atoms with Gasteiger partial charge in [0.15, 0.2) is 0 Å². The summed E-state index contributed by atoms with van der Waals surface area (Å²) in [5.41, 5.74) is 11.3. The SMILES string of the molecule is Cc1nc(N)ccc1-c1cnc2[nH]cc(C3CCC3)c2c1. The molecule has 0 aliphatic heterocycles. The van der Waals surface area contributed by atoms with E-state index in [2.05, 4.69) is 27.2 Å². The molecule has 0 unspecified atom stereocenters. The molecule has 0 radical (unpaired) electrons. The molecule has 0 bridgehead atoms. The number of aromatic amines is 1. The minimum atomic E-state index is 0.557. The summed E-state index contributed by atoms with van der Waals surface area (Å²) in [6, 6.07) is 6.10. The summed E-state index contributed by atoms with van der Waals surface area (Å²) in [5, 5.41) is 1.24. The Labute approximate surface area is 123 Å². The summed E-state index contributed by atoms with van der Waals surface area (Å²) in [4.78, 5) is 12.2. The summed E-state index contributed by atoms with van der Waals surface area (Å²) in [6.07, 6.45) is 7.95. The number of hydrogen-bond acceptors (Lipinski definition) is 3. The van der Waals surface area contributed by atoms with E-state index >= 15 is 0 Å². The molecule has 0 aromatic carbocycles. The van der Waals surface area contributed by atoms with Crippen LogP contribution in [0.3, 0.4) is 0 Å². The molecular formula is C17H18N4. The summed E-state index contributed by atoms with van der Waals surface area (Å²) in [7, 11) is 0. The van der Waals surface area contributed by atoms with Gasteiger partial charge >= 0.3 is 0 Å². The smallest absolute Gasteiger partial charge is 0.137 e. The molecule has 3 aromatic heterocycles. The topological polar surface area (TPSA) is 67.6 Å². The molecule has 1 aliphatic carbocycles. The van der Waals surface area contributed by atoms with Crippen LogP contribution < -0.4 is 5.73 Å². The minimum absolute atomic E-state index is 0.557. The number of anilines is 1. The average Bonchev–Trinajstić information content (AvgIpc) is 2.80. The molecule has 21 heavy (non-hydrogen) atoms. The maximum atomic E-state index is 5.74. The van der Waals surface area contributed by atoms with Crippen LogP contribution in [0.1, 0.15) is 36.4 Å². The van der Waals surface area contributed by atoms with Crippen molar-refractivity contribution in [3.8, 4) is 11.1 Å². The van der Waals surface area contributed by atoms with Crippen LogP contribution in [0.2, 0.25) is 0 Å². The summed E-state index contributed by atoms with van der Waals surface area (Å²) < 4.78 is 0. The molecule has 3 aromatic rings. The Balaban J connectivity index is 1.85. The monoisotopic (exact) mass is 278 g/mol. The second-order valence-electron chi connectivity index (χ2n) is 5.86. The lowest BCUT2D eigenvalue weighted by Crippen LogP contribution is -2.07. The summed E-state index contributed by atoms with van der Waals surface area (Å²) in [6.45, 7) is 1.99. The molecule has 1 saturated carbocycles. The number of nitrogens with one attached hydrogen (secondary N) is 1. The Morgan fingerprint density at radius 2 is 2.14 bits per heavy atom. The number of nitrogens with zero attached hydrogens (tertiary/aromatic N) is 2. The van der Waals surface area contributed by atoms with Crippen LogP contribution in [0, 0.1) is 6.92 Å². The fourth-order valence-corrected chi connectivity index (χ4v) is 3.11. The average molecular weight is 278 g/mol. The Morgan fingerprint density at radius 1 is 1.29 bits per heavy atom. The largest absolute Gasteiger partial charge is 0.384 e. The maximum Gasteiger partial charge on any atom is 0.137 e. The van der Waals surface area contributed by atoms with Gasteiger partial charge in [-0.25, -0.2) is 9.97 Å². The van der Waals surface area contributed by atoms with Crippen molar-refractivity contribution >= 4 is 16.9 Å². The van der Waals surface area contributed by atoms with Gasteiger partial charge in [-0.3, -0.25) is 0 Å². The van der Waals surface area contributed by atoms with Crippen LogP contribution in [-0.2, 0) is 0 Å². The van der Waals surface area contributed by atoms with Crippen molar-refractivity contribution in [2.75, 3.05) is 5.73 Å². The molecule has 4 rings (SSSR count). The fraction of sp³-hybridized carbons (Fsp3) is 0.294. The Bertz CT molecular complexity index is 815. The van der Waals surface area contributed by atoms with E-state index in [1.165, 1.54) is 30.2 Å². The van der Waals surface area contributed by atoms with Gasteiger partial charge in [0.05, 0.1) is 0 Å². The molecule has 1 fully saturated rings. The first-order chi connectivity index (χ1) is 10.2. The molecule has 3 N–H and O–H groups in total. The van der Waals surface area contributed by atoms with Crippen molar-refractivity contribution in [1.82, 2.24) is 15.0 Å². The van der Waals surface area contributed by atoms with Crippen molar-refractivity contribution in [2.45, 2.75) is 32.1 Å². The van der Waals surface area contributed by atoms with Crippen molar-refractivity contribution in [3.05, 3.63) is 41.9 Å². The van der Waals surface area contributed by atoms with Crippen LogP contribution >= 0.6 is 0 Å². The first kappa shape index (κ1) is 12.4. The zero-order valence-corrected chi connectivity index (χ0v) is 12.1. The quantitative estimate of drug-likeness (QED) is 0.749. The normalized spacial score (nSPS) is 15.3. The number of H-pyrrole nitrogens is 1. The van der Waals surface area contributed by atoms with Gasteiger partial charge in [0.1, 0.15) is 11.5 Å². The van der Waals surface area contributed by atoms with Gasteiger partial charge < -0.3 is 10.7 Å². The number of rotatable bonds is 2. The van der Waals surface area contributed by atoms with Crippen molar-refractivity contribution in [2.24, 2.45) is 0 Å². The van der Waals surface area contributed by atoms with Crippen LogP contribution in [0.5, 0.6) is 0 Å². The molecular weight excluding hydrogens is 260 g/mol. The highest BCUT2D eigenvalue weighted by Gasteiger charge is 2.22. The first-order valence-electron chi connectivity index (χ1n) is 7.43. The number of fused-ring (bicyclic) bond motifs is 1. The second-order valence-corrected chi connectivity index (χ2v) is 5.86. The van der Waals surface area contributed by atoms with E-state index < -0.39 is 0 Å². The van der Waals surface area contributed by atoms with E-state index in [1.807, 2.05) is 25.3 Å². The van der Waals surface area contributed by atoms with Crippen LogP contribution in [0.4, 0.5) is 5.82 Å². The molecule has 0 saturated heterocycles. The lowest BCUT2D eigenvalue weighted by atomic mass is 9.80. The van der Waals surface area contributed by atoms with Gasteiger partial charge in [-0.15, -0.1) is 0 Å². The van der Waals surface area contributed by atoms with Gasteiger partial charge in [-0.1, -0.05) is 6.42 Å². The zero-order chi connectivity index (χ0) is 14.4. The number of nitrogens with two attached hydrogens (primary N) is 1. The summed E-state index contributed by atoms with van der Waals surface area (Å²) >= 11 is 0. The lowest BCUT2D eigenvalue weighted by molar-refractivity contribution is 0.422.